The van der Waals surface area contributed by atoms with Crippen molar-refractivity contribution in [2.75, 3.05) is 7.11 Å². The highest BCUT2D eigenvalue weighted by atomic mass is 19.4. The van der Waals surface area contributed by atoms with E-state index in [0.717, 1.165) is 34.6 Å². The SMILES string of the molecule is COC(=O)c1cc(-c2ccc(-c3ccc(OC(C)C)cc3)cc2)nc2ccc(C(F)(F)F)cc12. The molecule has 0 N–H and O–H groups in total. The van der Waals surface area contributed by atoms with E-state index in [0.29, 0.717) is 5.69 Å². The number of esters is 1. The third kappa shape index (κ3) is 4.88. The summed E-state index contributed by atoms with van der Waals surface area (Å²) in [5, 5.41) is 0.0887. The molecule has 1 aromatic heterocycles. The van der Waals surface area contributed by atoms with Crippen LogP contribution in [0, 0.1) is 0 Å². The molecule has 4 nitrogen and oxygen atoms in total. The molecule has 0 unspecified atom stereocenters. The topological polar surface area (TPSA) is 48.4 Å². The van der Waals surface area contributed by atoms with Gasteiger partial charge in [0.1, 0.15) is 5.75 Å². The molecule has 0 atom stereocenters. The van der Waals surface area contributed by atoms with Crippen LogP contribution in [0.5, 0.6) is 5.75 Å². The number of ether oxygens (including phenoxy) is 2. The highest BCUT2D eigenvalue weighted by Crippen LogP contribution is 2.34. The summed E-state index contributed by atoms with van der Waals surface area (Å²) in [6.07, 6.45) is -4.44. The lowest BCUT2D eigenvalue weighted by Gasteiger charge is -2.12. The molecule has 0 amide bonds. The van der Waals surface area contributed by atoms with Gasteiger partial charge in [-0.3, -0.25) is 0 Å². The Bertz CT molecular complexity index is 1330. The maximum absolute atomic E-state index is 13.2. The number of carbonyl (C=O) groups is 1. The van der Waals surface area contributed by atoms with Gasteiger partial charge < -0.3 is 9.47 Å². The molecule has 0 aliphatic rings. The zero-order valence-corrected chi connectivity index (χ0v) is 18.8. The number of halogens is 3. The molecule has 1 heterocycles. The van der Waals surface area contributed by atoms with E-state index in [1.54, 1.807) is 0 Å². The van der Waals surface area contributed by atoms with Crippen LogP contribution in [0.15, 0.2) is 72.8 Å². The Balaban J connectivity index is 1.71. The number of hydrogen-bond donors (Lipinski definition) is 0. The van der Waals surface area contributed by atoms with Crippen molar-refractivity contribution >= 4 is 16.9 Å². The minimum absolute atomic E-state index is 0.0263. The summed E-state index contributed by atoms with van der Waals surface area (Å²) >= 11 is 0. The van der Waals surface area contributed by atoms with Gasteiger partial charge in [0.15, 0.2) is 0 Å². The van der Waals surface area contributed by atoms with Gasteiger partial charge in [-0.15, -0.1) is 0 Å². The Morgan fingerprint density at radius 1 is 0.853 bits per heavy atom. The second-order valence-electron chi connectivity index (χ2n) is 8.04. The number of pyridine rings is 1. The van der Waals surface area contributed by atoms with Gasteiger partial charge in [-0.2, -0.15) is 13.2 Å². The fraction of sp³-hybridized carbons (Fsp3) is 0.185. The van der Waals surface area contributed by atoms with Crippen molar-refractivity contribution in [2.24, 2.45) is 0 Å². The van der Waals surface area contributed by atoms with E-state index in [4.69, 9.17) is 9.47 Å². The molecule has 0 aliphatic carbocycles. The van der Waals surface area contributed by atoms with Crippen LogP contribution in [0.2, 0.25) is 0 Å². The predicted octanol–water partition coefficient (Wildman–Crippen LogP) is 7.16. The minimum Gasteiger partial charge on any atom is -0.491 e. The second-order valence-corrected chi connectivity index (χ2v) is 8.04. The van der Waals surface area contributed by atoms with Crippen LogP contribution in [0.25, 0.3) is 33.3 Å². The Kier molecular flexibility index (Phi) is 6.28. The van der Waals surface area contributed by atoms with Crippen molar-refractivity contribution < 1.29 is 27.4 Å². The maximum atomic E-state index is 13.2. The number of hydrogen-bond acceptors (Lipinski definition) is 4. The first kappa shape index (κ1) is 23.3. The second kappa shape index (κ2) is 9.17. The summed E-state index contributed by atoms with van der Waals surface area (Å²) in [6, 6.07) is 19.9. The first-order chi connectivity index (χ1) is 16.2. The van der Waals surface area contributed by atoms with Gasteiger partial charge in [0, 0.05) is 10.9 Å². The average Bonchev–Trinajstić information content (AvgIpc) is 2.82. The van der Waals surface area contributed by atoms with Gasteiger partial charge >= 0.3 is 12.1 Å². The highest BCUT2D eigenvalue weighted by Gasteiger charge is 2.31. The number of methoxy groups -OCH3 is 1. The Hall–Kier alpha value is -3.87. The Morgan fingerprint density at radius 2 is 1.44 bits per heavy atom. The third-order valence-corrected chi connectivity index (χ3v) is 5.28. The zero-order chi connectivity index (χ0) is 24.5. The third-order valence-electron chi connectivity index (χ3n) is 5.28. The standard InChI is InChI=1S/C27H22F3NO3/c1-16(2)34-21-11-8-18(9-12-21)17-4-6-19(7-5-17)25-15-23(26(32)33-3)22-14-20(27(28,29)30)10-13-24(22)31-25/h4-16H,1-3H3. The lowest BCUT2D eigenvalue weighted by Crippen LogP contribution is -2.07. The molecule has 0 aliphatic heterocycles. The van der Waals surface area contributed by atoms with Crippen LogP contribution in [-0.4, -0.2) is 24.2 Å². The normalized spacial score (nSPS) is 11.6. The molecule has 174 valence electrons. The fourth-order valence-corrected chi connectivity index (χ4v) is 3.66. The van der Waals surface area contributed by atoms with E-state index in [2.05, 4.69) is 4.98 Å². The largest absolute Gasteiger partial charge is 0.491 e. The van der Waals surface area contributed by atoms with E-state index in [1.807, 2.05) is 62.4 Å². The number of nitrogens with zero attached hydrogens (tertiary/aromatic N) is 1. The van der Waals surface area contributed by atoms with Gasteiger partial charge in [-0.25, -0.2) is 9.78 Å². The van der Waals surface area contributed by atoms with E-state index in [-0.39, 0.29) is 22.6 Å². The molecule has 3 aromatic carbocycles. The molecule has 0 spiro atoms. The molecular weight excluding hydrogens is 443 g/mol. The first-order valence-electron chi connectivity index (χ1n) is 10.6. The smallest absolute Gasteiger partial charge is 0.416 e. The Labute approximate surface area is 195 Å². The van der Waals surface area contributed by atoms with Crippen molar-refractivity contribution in [3.63, 3.8) is 0 Å². The zero-order valence-electron chi connectivity index (χ0n) is 18.8. The van der Waals surface area contributed by atoms with Crippen LogP contribution < -0.4 is 4.74 Å². The van der Waals surface area contributed by atoms with Crippen molar-refractivity contribution in [1.82, 2.24) is 4.98 Å². The molecule has 4 aromatic rings. The van der Waals surface area contributed by atoms with E-state index >= 15 is 0 Å². The van der Waals surface area contributed by atoms with Crippen molar-refractivity contribution in [1.29, 1.82) is 0 Å². The van der Waals surface area contributed by atoms with Gasteiger partial charge in [0.05, 0.1) is 35.6 Å². The highest BCUT2D eigenvalue weighted by molar-refractivity contribution is 6.04. The molecule has 4 rings (SSSR count). The van der Waals surface area contributed by atoms with Crippen LogP contribution in [0.4, 0.5) is 13.2 Å². The minimum atomic E-state index is -4.53. The van der Waals surface area contributed by atoms with E-state index in [1.165, 1.54) is 19.2 Å². The van der Waals surface area contributed by atoms with Gasteiger partial charge in [-0.05, 0) is 61.4 Å². The van der Waals surface area contributed by atoms with Gasteiger partial charge in [-0.1, -0.05) is 36.4 Å². The van der Waals surface area contributed by atoms with Crippen molar-refractivity contribution in [2.45, 2.75) is 26.1 Å². The summed E-state index contributed by atoms with van der Waals surface area (Å²) in [5.74, 6) is 0.0630. The van der Waals surface area contributed by atoms with Crippen molar-refractivity contribution in [3.8, 4) is 28.1 Å². The van der Waals surface area contributed by atoms with Crippen LogP contribution in [0.1, 0.15) is 29.8 Å². The molecule has 0 saturated carbocycles. The monoisotopic (exact) mass is 465 g/mol. The fourth-order valence-electron chi connectivity index (χ4n) is 3.66. The Morgan fingerprint density at radius 3 is 2.00 bits per heavy atom. The number of alkyl halides is 3. The molecule has 0 bridgehead atoms. The van der Waals surface area contributed by atoms with E-state index in [9.17, 15) is 18.0 Å². The quantitative estimate of drug-likeness (QED) is 0.293. The summed E-state index contributed by atoms with van der Waals surface area (Å²) in [7, 11) is 1.19. The summed E-state index contributed by atoms with van der Waals surface area (Å²) in [6.45, 7) is 3.93. The summed E-state index contributed by atoms with van der Waals surface area (Å²) in [4.78, 5) is 16.9. The molecule has 7 heteroatoms. The average molecular weight is 465 g/mol. The van der Waals surface area contributed by atoms with Crippen LogP contribution in [-0.2, 0) is 10.9 Å². The number of rotatable bonds is 5. The van der Waals surface area contributed by atoms with Gasteiger partial charge in [0.25, 0.3) is 0 Å². The molecule has 34 heavy (non-hydrogen) atoms. The molecule has 0 radical (unpaired) electrons. The molecule has 0 saturated heterocycles. The lowest BCUT2D eigenvalue weighted by atomic mass is 10.00. The van der Waals surface area contributed by atoms with Gasteiger partial charge in [0.2, 0.25) is 0 Å². The molecular formula is C27H22F3NO3. The number of fused-ring (bicyclic) bond motifs is 1. The van der Waals surface area contributed by atoms with Crippen LogP contribution in [0.3, 0.4) is 0 Å². The number of aromatic nitrogens is 1. The summed E-state index contributed by atoms with van der Waals surface area (Å²) in [5.41, 5.74) is 2.60. The van der Waals surface area contributed by atoms with Crippen molar-refractivity contribution in [3.05, 3.63) is 83.9 Å². The molecule has 0 fully saturated rings. The predicted molar refractivity (Wildman–Crippen MR) is 125 cm³/mol. The number of carbonyl (C=O) groups excluding carboxylic acids is 1. The first-order valence-corrected chi connectivity index (χ1v) is 10.6. The number of benzene rings is 3. The lowest BCUT2D eigenvalue weighted by molar-refractivity contribution is -0.137. The van der Waals surface area contributed by atoms with Crippen LogP contribution >= 0.6 is 0 Å². The van der Waals surface area contributed by atoms with E-state index < -0.39 is 17.7 Å². The maximum Gasteiger partial charge on any atom is 0.416 e. The summed E-state index contributed by atoms with van der Waals surface area (Å²) < 4.78 is 50.0.